The van der Waals surface area contributed by atoms with Gasteiger partial charge in [0.1, 0.15) is 4.90 Å². The summed E-state index contributed by atoms with van der Waals surface area (Å²) in [6.45, 7) is 3.60. The monoisotopic (exact) mass is 432 g/mol. The van der Waals surface area contributed by atoms with Gasteiger partial charge >= 0.3 is 0 Å². The zero-order chi connectivity index (χ0) is 15.8. The number of hydrogen-bond acceptors (Lipinski definition) is 3. The molecule has 0 fully saturated rings. The number of nitrogens with one attached hydrogen (secondary N) is 1. The van der Waals surface area contributed by atoms with Crippen molar-refractivity contribution in [3.05, 3.63) is 50.4 Å². The van der Waals surface area contributed by atoms with Gasteiger partial charge in [-0.3, -0.25) is 4.72 Å². The Morgan fingerprint density at radius 3 is 2.43 bits per heavy atom. The van der Waals surface area contributed by atoms with Gasteiger partial charge in [0.25, 0.3) is 10.0 Å². The molecule has 0 bridgehead atoms. The van der Waals surface area contributed by atoms with Crippen LogP contribution in [-0.4, -0.2) is 8.42 Å². The maximum atomic E-state index is 12.6. The van der Waals surface area contributed by atoms with Gasteiger partial charge in [-0.25, -0.2) is 8.42 Å². The smallest absolute Gasteiger partial charge is 0.264 e. The summed E-state index contributed by atoms with van der Waals surface area (Å²) in [7, 11) is -3.76. The molecule has 0 saturated heterocycles. The minimum Gasteiger partial charge on any atom is -0.398 e. The number of anilines is 2. The molecule has 0 aliphatic heterocycles. The summed E-state index contributed by atoms with van der Waals surface area (Å²) in [5, 5.41) is 0. The summed E-state index contributed by atoms with van der Waals surface area (Å²) in [6, 6.07) is 8.66. The van der Waals surface area contributed by atoms with Gasteiger partial charge in [-0.1, -0.05) is 22.0 Å². The summed E-state index contributed by atoms with van der Waals surface area (Å²) in [5.74, 6) is 0. The van der Waals surface area contributed by atoms with Gasteiger partial charge in [0.2, 0.25) is 0 Å². The standard InChI is InChI=1S/C14H14Br2N2O2S/c1-8-3-6-12(17)14(9(8)2)21(19,20)18-13-7-10(15)4-5-11(13)16/h3-7,18H,17H2,1-2H3. The quantitative estimate of drug-likeness (QED) is 0.712. The molecule has 2 aromatic rings. The van der Waals surface area contributed by atoms with E-state index in [1.807, 2.05) is 13.0 Å². The van der Waals surface area contributed by atoms with Crippen molar-refractivity contribution in [2.75, 3.05) is 10.5 Å². The number of sulfonamides is 1. The van der Waals surface area contributed by atoms with E-state index in [1.165, 1.54) is 0 Å². The molecule has 0 saturated carbocycles. The molecule has 0 spiro atoms. The molecule has 0 aromatic heterocycles. The molecule has 0 aliphatic carbocycles. The summed E-state index contributed by atoms with van der Waals surface area (Å²) in [4.78, 5) is 0.120. The fourth-order valence-corrected chi connectivity index (χ4v) is 4.28. The van der Waals surface area contributed by atoms with E-state index >= 15 is 0 Å². The van der Waals surface area contributed by atoms with E-state index in [4.69, 9.17) is 5.73 Å². The van der Waals surface area contributed by atoms with Crippen LogP contribution >= 0.6 is 31.9 Å². The molecular formula is C14H14Br2N2O2S. The van der Waals surface area contributed by atoms with Crippen LogP contribution in [0.15, 0.2) is 44.2 Å². The summed E-state index contributed by atoms with van der Waals surface area (Å²) >= 11 is 6.65. The molecular weight excluding hydrogens is 420 g/mol. The van der Waals surface area contributed by atoms with Gasteiger partial charge in [0.15, 0.2) is 0 Å². The topological polar surface area (TPSA) is 72.2 Å². The first-order chi connectivity index (χ1) is 9.72. The second-order valence-corrected chi connectivity index (χ2v) is 8.04. The number of nitrogens with two attached hydrogens (primary N) is 1. The fourth-order valence-electron chi connectivity index (χ4n) is 1.94. The Kier molecular flexibility index (Phi) is 4.65. The molecule has 0 unspecified atom stereocenters. The molecule has 0 atom stereocenters. The van der Waals surface area contributed by atoms with Crippen LogP contribution < -0.4 is 10.5 Å². The van der Waals surface area contributed by atoms with Crippen LogP contribution in [0.1, 0.15) is 11.1 Å². The molecule has 2 rings (SSSR count). The van der Waals surface area contributed by atoms with Crippen molar-refractivity contribution < 1.29 is 8.42 Å². The fraction of sp³-hybridized carbons (Fsp3) is 0.143. The minimum absolute atomic E-state index is 0.120. The van der Waals surface area contributed by atoms with Gasteiger partial charge in [0, 0.05) is 8.95 Å². The van der Waals surface area contributed by atoms with E-state index in [1.54, 1.807) is 31.2 Å². The van der Waals surface area contributed by atoms with Crippen molar-refractivity contribution in [2.45, 2.75) is 18.7 Å². The van der Waals surface area contributed by atoms with E-state index in [0.717, 1.165) is 10.0 Å². The SMILES string of the molecule is Cc1ccc(N)c(S(=O)(=O)Nc2cc(Br)ccc2Br)c1C. The Morgan fingerprint density at radius 2 is 1.76 bits per heavy atom. The Balaban J connectivity index is 2.54. The van der Waals surface area contributed by atoms with Crippen molar-refractivity contribution in [1.29, 1.82) is 0 Å². The first-order valence-corrected chi connectivity index (χ1v) is 9.13. The molecule has 3 N–H and O–H groups in total. The van der Waals surface area contributed by atoms with E-state index in [-0.39, 0.29) is 10.6 Å². The maximum Gasteiger partial charge on any atom is 0.264 e. The highest BCUT2D eigenvalue weighted by molar-refractivity contribution is 9.11. The number of rotatable bonds is 3. The molecule has 0 radical (unpaired) electrons. The lowest BCUT2D eigenvalue weighted by molar-refractivity contribution is 0.601. The molecule has 21 heavy (non-hydrogen) atoms. The van der Waals surface area contributed by atoms with Crippen molar-refractivity contribution in [2.24, 2.45) is 0 Å². The average molecular weight is 434 g/mol. The predicted molar refractivity (Wildman–Crippen MR) is 93.0 cm³/mol. The summed E-state index contributed by atoms with van der Waals surface area (Å²) in [6.07, 6.45) is 0. The van der Waals surface area contributed by atoms with Crippen molar-refractivity contribution in [3.63, 3.8) is 0 Å². The van der Waals surface area contributed by atoms with E-state index in [2.05, 4.69) is 36.6 Å². The lowest BCUT2D eigenvalue weighted by Gasteiger charge is -2.15. The van der Waals surface area contributed by atoms with Crippen LogP contribution in [0.4, 0.5) is 11.4 Å². The van der Waals surface area contributed by atoms with Crippen LogP contribution in [-0.2, 0) is 10.0 Å². The van der Waals surface area contributed by atoms with E-state index < -0.39 is 10.0 Å². The highest BCUT2D eigenvalue weighted by Gasteiger charge is 2.22. The number of hydrogen-bond donors (Lipinski definition) is 2. The third kappa shape index (κ3) is 3.41. The second-order valence-electron chi connectivity index (χ2n) is 4.66. The third-order valence-corrected chi connectivity index (χ3v) is 5.90. The Morgan fingerprint density at radius 1 is 1.10 bits per heavy atom. The molecule has 0 heterocycles. The van der Waals surface area contributed by atoms with Gasteiger partial charge in [-0.15, -0.1) is 0 Å². The van der Waals surface area contributed by atoms with Gasteiger partial charge in [0.05, 0.1) is 11.4 Å². The second kappa shape index (κ2) is 5.98. The zero-order valence-electron chi connectivity index (χ0n) is 11.4. The first-order valence-electron chi connectivity index (χ1n) is 6.06. The van der Waals surface area contributed by atoms with Crippen molar-refractivity contribution in [3.8, 4) is 0 Å². The lowest BCUT2D eigenvalue weighted by Crippen LogP contribution is -2.17. The van der Waals surface area contributed by atoms with E-state index in [9.17, 15) is 8.42 Å². The predicted octanol–water partition coefficient (Wildman–Crippen LogP) is 4.21. The van der Waals surface area contributed by atoms with Gasteiger partial charge in [-0.2, -0.15) is 0 Å². The highest BCUT2D eigenvalue weighted by Crippen LogP contribution is 2.31. The Bertz CT molecular complexity index is 805. The van der Waals surface area contributed by atoms with Crippen LogP contribution in [0.3, 0.4) is 0 Å². The Hall–Kier alpha value is -1.05. The van der Waals surface area contributed by atoms with Crippen LogP contribution in [0, 0.1) is 13.8 Å². The van der Waals surface area contributed by atoms with Gasteiger partial charge in [-0.05, 0) is 65.2 Å². The normalized spacial score (nSPS) is 11.4. The maximum absolute atomic E-state index is 12.6. The molecule has 112 valence electrons. The van der Waals surface area contributed by atoms with Crippen LogP contribution in [0.25, 0.3) is 0 Å². The summed E-state index contributed by atoms with van der Waals surface area (Å²) in [5.41, 5.74) is 8.06. The average Bonchev–Trinajstić information content (AvgIpc) is 2.38. The molecule has 0 aliphatic rings. The van der Waals surface area contributed by atoms with Gasteiger partial charge < -0.3 is 5.73 Å². The highest BCUT2D eigenvalue weighted by atomic mass is 79.9. The number of nitrogen functional groups attached to an aromatic ring is 1. The number of aryl methyl sites for hydroxylation is 1. The minimum atomic E-state index is -3.76. The molecule has 7 heteroatoms. The lowest BCUT2D eigenvalue weighted by atomic mass is 10.1. The largest absolute Gasteiger partial charge is 0.398 e. The number of halogens is 2. The zero-order valence-corrected chi connectivity index (χ0v) is 15.4. The van der Waals surface area contributed by atoms with E-state index in [0.29, 0.717) is 15.7 Å². The van der Waals surface area contributed by atoms with Crippen LogP contribution in [0.2, 0.25) is 0 Å². The molecule has 4 nitrogen and oxygen atoms in total. The van der Waals surface area contributed by atoms with Crippen molar-refractivity contribution in [1.82, 2.24) is 0 Å². The number of benzene rings is 2. The Labute approximate surface area is 141 Å². The first kappa shape index (κ1) is 16.3. The van der Waals surface area contributed by atoms with Crippen molar-refractivity contribution >= 4 is 53.3 Å². The van der Waals surface area contributed by atoms with Crippen LogP contribution in [0.5, 0.6) is 0 Å². The summed E-state index contributed by atoms with van der Waals surface area (Å²) < 4.78 is 29.3. The third-order valence-electron chi connectivity index (χ3n) is 3.15. The molecule has 0 amide bonds. The molecule has 2 aromatic carbocycles.